The molecule has 1 spiro atoms. The van der Waals surface area contributed by atoms with E-state index in [2.05, 4.69) is 32.9 Å². The number of aliphatic hydroxyl groups is 1. The highest BCUT2D eigenvalue weighted by Crippen LogP contribution is 2.80. The van der Waals surface area contributed by atoms with Crippen molar-refractivity contribution in [3.63, 3.8) is 0 Å². The molecule has 188 valence electrons. The third-order valence-corrected chi connectivity index (χ3v) is 11.2. The van der Waals surface area contributed by atoms with Gasteiger partial charge in [-0.25, -0.2) is 4.68 Å². The molecule has 5 saturated carbocycles. The largest absolute Gasteiger partial charge is 0.384 e. The Hall–Kier alpha value is -2.90. The molecule has 4 atom stereocenters. The van der Waals surface area contributed by atoms with E-state index >= 15 is 0 Å². The maximum atomic E-state index is 12.1. The monoisotopic (exact) mass is 512 g/mol. The maximum Gasteiger partial charge on any atom is 0.103 e. The number of anilines is 1. The zero-order valence-electron chi connectivity index (χ0n) is 20.8. The third-order valence-electron chi connectivity index (χ3n) is 10.9. The molecule has 6 aliphatic rings. The van der Waals surface area contributed by atoms with Crippen LogP contribution in [0, 0.1) is 30.1 Å². The van der Waals surface area contributed by atoms with Crippen molar-refractivity contribution in [1.29, 1.82) is 0 Å². The van der Waals surface area contributed by atoms with E-state index in [9.17, 15) is 5.11 Å². The van der Waals surface area contributed by atoms with E-state index < -0.39 is 5.60 Å². The first kappa shape index (κ1) is 21.1. The molecular weight excluding hydrogens is 484 g/mol. The van der Waals surface area contributed by atoms with Crippen LogP contribution in [-0.4, -0.2) is 42.7 Å². The summed E-state index contributed by atoms with van der Waals surface area (Å²) in [6.07, 6.45) is 13.8. The maximum absolute atomic E-state index is 12.1. The molecule has 10 rings (SSSR count). The van der Waals surface area contributed by atoms with Crippen LogP contribution in [0.1, 0.15) is 43.4 Å². The van der Waals surface area contributed by atoms with Crippen LogP contribution >= 0.6 is 11.6 Å². The minimum absolute atomic E-state index is 0.122. The number of nitrogens with zero attached hydrogens (tertiary/aromatic N) is 6. The fourth-order valence-electron chi connectivity index (χ4n) is 8.96. The predicted octanol–water partition coefficient (Wildman–Crippen LogP) is 4.82. The SMILES string of the molecule is Cc1ncccc1C1(O)[C@@H]2CC[C@H]3CN(c4cc5c(cnn5-c5cnn(C67CC(C6)C7)c5)cc4Cl)CC321. The molecule has 0 radical (unpaired) electrons. The number of halogens is 1. The first-order valence-corrected chi connectivity index (χ1v) is 13.9. The van der Waals surface area contributed by atoms with Gasteiger partial charge in [0.05, 0.1) is 40.4 Å². The van der Waals surface area contributed by atoms with Gasteiger partial charge in [-0.15, -0.1) is 0 Å². The van der Waals surface area contributed by atoms with E-state index in [1.165, 1.54) is 19.3 Å². The van der Waals surface area contributed by atoms with Gasteiger partial charge in [0.15, 0.2) is 0 Å². The van der Waals surface area contributed by atoms with Crippen molar-refractivity contribution in [2.24, 2.45) is 23.2 Å². The topological polar surface area (TPSA) is 72.0 Å². The summed E-state index contributed by atoms with van der Waals surface area (Å²) in [6, 6.07) is 8.25. The van der Waals surface area contributed by atoms with E-state index in [4.69, 9.17) is 21.8 Å². The summed E-state index contributed by atoms with van der Waals surface area (Å²) < 4.78 is 4.16. The zero-order chi connectivity index (χ0) is 24.7. The molecule has 1 saturated heterocycles. The van der Waals surface area contributed by atoms with Crippen molar-refractivity contribution in [3.8, 4) is 5.69 Å². The second-order valence-corrected chi connectivity index (χ2v) is 12.8. The van der Waals surface area contributed by atoms with Crippen molar-refractivity contribution in [1.82, 2.24) is 24.5 Å². The van der Waals surface area contributed by atoms with Gasteiger partial charge in [0.25, 0.3) is 0 Å². The quantitative estimate of drug-likeness (QED) is 0.424. The second-order valence-electron chi connectivity index (χ2n) is 12.4. The van der Waals surface area contributed by atoms with Crippen LogP contribution < -0.4 is 4.90 Å². The number of fused-ring (bicyclic) bond motifs is 1. The normalized spacial score (nSPS) is 36.8. The summed E-state index contributed by atoms with van der Waals surface area (Å²) in [4.78, 5) is 6.91. The van der Waals surface area contributed by atoms with E-state index in [1.54, 1.807) is 0 Å². The average Bonchev–Trinajstić information content (AvgIpc) is 3.43. The third kappa shape index (κ3) is 2.38. The summed E-state index contributed by atoms with van der Waals surface area (Å²) in [5.74, 6) is 1.65. The van der Waals surface area contributed by atoms with Crippen molar-refractivity contribution in [2.75, 3.05) is 18.0 Å². The van der Waals surface area contributed by atoms with Gasteiger partial charge in [-0.2, -0.15) is 10.2 Å². The number of aromatic nitrogens is 5. The molecule has 1 aliphatic heterocycles. The van der Waals surface area contributed by atoms with E-state index in [1.807, 2.05) is 42.3 Å². The Balaban J connectivity index is 1.08. The van der Waals surface area contributed by atoms with Gasteiger partial charge >= 0.3 is 0 Å². The van der Waals surface area contributed by atoms with Gasteiger partial charge in [0.1, 0.15) is 11.3 Å². The van der Waals surface area contributed by atoms with Crippen LogP contribution in [0.25, 0.3) is 16.6 Å². The highest BCUT2D eigenvalue weighted by Gasteiger charge is 2.83. The Bertz CT molecular complexity index is 1610. The standard InChI is InChI=1S/C29H29ClN6O/c1-17-22(3-2-6-31-17)29(37)26-5-4-20-14-34(16-28(20,26)29)25-8-24-19(7-23(25)30)12-33-36(24)21-13-32-35(15-21)27-9-18(10-27)11-27/h2-3,6-8,12-13,15,18,20,26,37H,4-5,9-11,14,16H2,1H3/t18?,20-,26+,27?,28?,29?/m0/s1. The Kier molecular flexibility index (Phi) is 3.74. The summed E-state index contributed by atoms with van der Waals surface area (Å²) in [5, 5.41) is 23.3. The number of hydrogen-bond acceptors (Lipinski definition) is 5. The molecule has 2 unspecified atom stereocenters. The number of benzene rings is 1. The lowest BCUT2D eigenvalue weighted by atomic mass is 9.50. The first-order valence-electron chi connectivity index (χ1n) is 13.6. The predicted molar refractivity (Wildman–Crippen MR) is 141 cm³/mol. The molecule has 4 aromatic rings. The van der Waals surface area contributed by atoms with Crippen molar-refractivity contribution in [2.45, 2.75) is 50.2 Å². The molecule has 37 heavy (non-hydrogen) atoms. The van der Waals surface area contributed by atoms with Gasteiger partial charge in [-0.05, 0) is 69.1 Å². The molecule has 1 N–H and O–H groups in total. The molecule has 0 amide bonds. The Morgan fingerprint density at radius 2 is 1.97 bits per heavy atom. The second kappa shape index (κ2) is 6.56. The Morgan fingerprint density at radius 1 is 1.11 bits per heavy atom. The molecule has 8 heteroatoms. The average molecular weight is 513 g/mol. The van der Waals surface area contributed by atoms with Crippen LogP contribution in [0.2, 0.25) is 5.02 Å². The summed E-state index contributed by atoms with van der Waals surface area (Å²) >= 11 is 6.90. The fourth-order valence-corrected chi connectivity index (χ4v) is 9.25. The highest BCUT2D eigenvalue weighted by molar-refractivity contribution is 6.34. The van der Waals surface area contributed by atoms with Gasteiger partial charge in [0, 0.05) is 47.3 Å². The van der Waals surface area contributed by atoms with Crippen LogP contribution in [0.3, 0.4) is 0 Å². The van der Waals surface area contributed by atoms with Crippen LogP contribution in [0.15, 0.2) is 49.1 Å². The van der Waals surface area contributed by atoms with Crippen LogP contribution in [0.5, 0.6) is 0 Å². The minimum atomic E-state index is -0.794. The molecule has 3 aromatic heterocycles. The van der Waals surface area contributed by atoms with Gasteiger partial charge in [-0.1, -0.05) is 17.7 Å². The molecule has 1 aromatic carbocycles. The molecule has 4 heterocycles. The molecule has 6 fully saturated rings. The number of aryl methyl sites for hydroxylation is 1. The highest BCUT2D eigenvalue weighted by atomic mass is 35.5. The molecule has 2 bridgehead atoms. The molecule has 7 nitrogen and oxygen atoms in total. The number of pyridine rings is 1. The minimum Gasteiger partial charge on any atom is -0.384 e. The van der Waals surface area contributed by atoms with E-state index in [-0.39, 0.29) is 16.9 Å². The summed E-state index contributed by atoms with van der Waals surface area (Å²) in [6.45, 7) is 3.74. The van der Waals surface area contributed by atoms with Gasteiger partial charge < -0.3 is 10.0 Å². The van der Waals surface area contributed by atoms with Crippen LogP contribution in [-0.2, 0) is 11.1 Å². The van der Waals surface area contributed by atoms with Crippen molar-refractivity contribution >= 4 is 28.2 Å². The Morgan fingerprint density at radius 3 is 2.76 bits per heavy atom. The number of rotatable bonds is 4. The lowest BCUT2D eigenvalue weighted by Gasteiger charge is -2.61. The van der Waals surface area contributed by atoms with E-state index in [0.29, 0.717) is 5.92 Å². The first-order chi connectivity index (χ1) is 17.9. The molecular formula is C29H29ClN6O. The summed E-state index contributed by atoms with van der Waals surface area (Å²) in [7, 11) is 0. The van der Waals surface area contributed by atoms with Gasteiger partial charge in [0.2, 0.25) is 0 Å². The van der Waals surface area contributed by atoms with Crippen LogP contribution in [0.4, 0.5) is 5.69 Å². The van der Waals surface area contributed by atoms with Crippen molar-refractivity contribution < 1.29 is 5.11 Å². The molecule has 5 aliphatic carbocycles. The lowest BCUT2D eigenvalue weighted by Crippen LogP contribution is -2.59. The fraction of sp³-hybridized carbons (Fsp3) is 0.483. The van der Waals surface area contributed by atoms with Crippen molar-refractivity contribution in [3.05, 3.63) is 65.3 Å². The number of hydrogen-bond donors (Lipinski definition) is 1. The van der Waals surface area contributed by atoms with E-state index in [0.717, 1.165) is 70.4 Å². The zero-order valence-corrected chi connectivity index (χ0v) is 21.6. The summed E-state index contributed by atoms with van der Waals surface area (Å²) in [5.41, 5.74) is 4.35. The lowest BCUT2D eigenvalue weighted by molar-refractivity contribution is -0.0977. The van der Waals surface area contributed by atoms with Gasteiger partial charge in [-0.3, -0.25) is 9.67 Å². The Labute approximate surface area is 220 Å². The smallest absolute Gasteiger partial charge is 0.103 e.